The highest BCUT2D eigenvalue weighted by molar-refractivity contribution is 6.21. The van der Waals surface area contributed by atoms with Crippen LogP contribution >= 0.6 is 0 Å². The van der Waals surface area contributed by atoms with Gasteiger partial charge in [0.1, 0.15) is 6.17 Å². The number of fused-ring (bicyclic) bond motifs is 7. The van der Waals surface area contributed by atoms with Crippen molar-refractivity contribution in [3.05, 3.63) is 181 Å². The van der Waals surface area contributed by atoms with Crippen LogP contribution in [0.5, 0.6) is 0 Å². The Kier molecular flexibility index (Phi) is 6.25. The molecule has 0 radical (unpaired) electrons. The van der Waals surface area contributed by atoms with Crippen molar-refractivity contribution in [3.8, 4) is 22.3 Å². The topological polar surface area (TPSA) is 28.2 Å². The predicted molar refractivity (Wildman–Crippen MR) is 207 cm³/mol. The van der Waals surface area contributed by atoms with Crippen molar-refractivity contribution in [1.82, 2.24) is 4.98 Å². The second kappa shape index (κ2) is 11.1. The SMILES string of the molecule is c1ccc(N2c3ccccc3NC2c2ccc(-c3ccc(-c4c5ccc6ccccc6c5nc5c4ccc4ccccc45)cc3)cc2)cc1. The number of hydrogen-bond donors (Lipinski definition) is 1. The van der Waals surface area contributed by atoms with E-state index in [9.17, 15) is 0 Å². The molecule has 0 amide bonds. The molecule has 9 aromatic rings. The molecule has 1 aliphatic rings. The summed E-state index contributed by atoms with van der Waals surface area (Å²) in [4.78, 5) is 7.74. The number of para-hydroxylation sites is 3. The molecule has 0 aliphatic carbocycles. The zero-order valence-corrected chi connectivity index (χ0v) is 26.7. The van der Waals surface area contributed by atoms with Crippen LogP contribution in [0.3, 0.4) is 0 Å². The van der Waals surface area contributed by atoms with Gasteiger partial charge in [-0.05, 0) is 57.3 Å². The Hall–Kier alpha value is -6.45. The van der Waals surface area contributed by atoms with E-state index < -0.39 is 0 Å². The molecule has 1 atom stereocenters. The van der Waals surface area contributed by atoms with Gasteiger partial charge >= 0.3 is 0 Å². The summed E-state index contributed by atoms with van der Waals surface area (Å²) >= 11 is 0. The summed E-state index contributed by atoms with van der Waals surface area (Å²) in [6.45, 7) is 0. The van der Waals surface area contributed by atoms with Crippen LogP contribution in [-0.2, 0) is 0 Å². The van der Waals surface area contributed by atoms with E-state index in [4.69, 9.17) is 4.98 Å². The first kappa shape index (κ1) is 27.6. The molecule has 1 unspecified atom stereocenters. The quantitative estimate of drug-likeness (QED) is 0.156. The third-order valence-corrected chi connectivity index (χ3v) is 10.0. The molecular weight excluding hydrogens is 595 g/mol. The second-order valence-corrected chi connectivity index (χ2v) is 12.8. The first-order valence-electron chi connectivity index (χ1n) is 16.8. The van der Waals surface area contributed by atoms with Crippen LogP contribution in [0.4, 0.5) is 17.1 Å². The van der Waals surface area contributed by atoms with Crippen LogP contribution in [0.25, 0.3) is 65.6 Å². The summed E-state index contributed by atoms with van der Waals surface area (Å²) in [6, 6.07) is 63.3. The van der Waals surface area contributed by atoms with Gasteiger partial charge in [-0.2, -0.15) is 0 Å². The van der Waals surface area contributed by atoms with E-state index in [1.807, 2.05) is 0 Å². The first-order valence-corrected chi connectivity index (χ1v) is 16.8. The van der Waals surface area contributed by atoms with E-state index in [0.717, 1.165) is 16.7 Å². The molecule has 1 N–H and O–H groups in total. The van der Waals surface area contributed by atoms with Gasteiger partial charge in [0.25, 0.3) is 0 Å². The highest BCUT2D eigenvalue weighted by atomic mass is 15.3. The Morgan fingerprint density at radius 3 is 1.61 bits per heavy atom. The fourth-order valence-corrected chi connectivity index (χ4v) is 7.68. The number of rotatable bonds is 4. The summed E-state index contributed by atoms with van der Waals surface area (Å²) in [5.74, 6) is 0. The van der Waals surface area contributed by atoms with Crippen LogP contribution in [-0.4, -0.2) is 4.98 Å². The highest BCUT2D eigenvalue weighted by Crippen LogP contribution is 2.46. The summed E-state index contributed by atoms with van der Waals surface area (Å²) in [7, 11) is 0. The Bertz CT molecular complexity index is 2590. The van der Waals surface area contributed by atoms with Gasteiger partial charge in [0.05, 0.1) is 22.4 Å². The zero-order valence-electron chi connectivity index (χ0n) is 26.7. The molecule has 0 saturated carbocycles. The van der Waals surface area contributed by atoms with Crippen LogP contribution < -0.4 is 10.2 Å². The second-order valence-electron chi connectivity index (χ2n) is 12.8. The fraction of sp³-hybridized carbons (Fsp3) is 0.0217. The van der Waals surface area contributed by atoms with Crippen molar-refractivity contribution in [2.75, 3.05) is 10.2 Å². The first-order chi connectivity index (χ1) is 24.3. The normalized spacial score (nSPS) is 14.0. The Balaban J connectivity index is 1.05. The van der Waals surface area contributed by atoms with E-state index in [0.29, 0.717) is 0 Å². The number of nitrogens with zero attached hydrogens (tertiary/aromatic N) is 2. The monoisotopic (exact) mass is 625 g/mol. The molecule has 10 rings (SSSR count). The minimum Gasteiger partial charge on any atom is -0.359 e. The smallest absolute Gasteiger partial charge is 0.130 e. The summed E-state index contributed by atoms with van der Waals surface area (Å²) < 4.78 is 0. The molecule has 3 heteroatoms. The maximum atomic E-state index is 5.36. The molecule has 0 fully saturated rings. The molecular formula is C46H31N3. The molecule has 230 valence electrons. The molecule has 0 bridgehead atoms. The lowest BCUT2D eigenvalue weighted by Gasteiger charge is -2.27. The lowest BCUT2D eigenvalue weighted by Crippen LogP contribution is -2.23. The van der Waals surface area contributed by atoms with Crippen LogP contribution in [0, 0.1) is 0 Å². The molecule has 0 saturated heterocycles. The summed E-state index contributed by atoms with van der Waals surface area (Å²) in [5.41, 5.74) is 11.6. The predicted octanol–water partition coefficient (Wildman–Crippen LogP) is 12.3. The third-order valence-electron chi connectivity index (χ3n) is 10.0. The standard InChI is InChI=1S/C46H31N3/c1-2-12-36(13-3-1)49-42-17-9-8-16-41(42)47-46(49)35-24-20-31(21-25-35)30-18-22-34(23-19-30)43-39-28-26-32-10-4-6-14-37(32)44(39)48-45-38-15-7-5-11-33(38)27-29-40(43)45/h1-29,46-47H. The van der Waals surface area contributed by atoms with Gasteiger partial charge in [0.15, 0.2) is 0 Å². The van der Waals surface area contributed by atoms with Gasteiger partial charge in [-0.1, -0.05) is 152 Å². The van der Waals surface area contributed by atoms with Crippen LogP contribution in [0.1, 0.15) is 11.7 Å². The zero-order chi connectivity index (χ0) is 32.3. The summed E-state index contributed by atoms with van der Waals surface area (Å²) in [6.07, 6.45) is 0.0108. The van der Waals surface area contributed by atoms with Crippen molar-refractivity contribution < 1.29 is 0 Å². The van der Waals surface area contributed by atoms with Gasteiger partial charge in [-0.25, -0.2) is 4.98 Å². The van der Waals surface area contributed by atoms with Crippen LogP contribution in [0.15, 0.2) is 176 Å². The van der Waals surface area contributed by atoms with Crippen molar-refractivity contribution in [2.45, 2.75) is 6.17 Å². The van der Waals surface area contributed by atoms with Crippen molar-refractivity contribution in [3.63, 3.8) is 0 Å². The number of anilines is 3. The molecule has 2 heterocycles. The van der Waals surface area contributed by atoms with Gasteiger partial charge < -0.3 is 10.2 Å². The van der Waals surface area contributed by atoms with Crippen molar-refractivity contribution >= 4 is 60.4 Å². The summed E-state index contributed by atoms with van der Waals surface area (Å²) in [5, 5.41) is 10.9. The van der Waals surface area contributed by atoms with Crippen LogP contribution in [0.2, 0.25) is 0 Å². The van der Waals surface area contributed by atoms with Crippen molar-refractivity contribution in [1.29, 1.82) is 0 Å². The van der Waals surface area contributed by atoms with Crippen molar-refractivity contribution in [2.24, 2.45) is 0 Å². The van der Waals surface area contributed by atoms with E-state index in [-0.39, 0.29) is 6.17 Å². The number of aromatic nitrogens is 1. The minimum atomic E-state index is 0.0108. The van der Waals surface area contributed by atoms with E-state index >= 15 is 0 Å². The van der Waals surface area contributed by atoms with E-state index in [2.05, 4.69) is 186 Å². The molecule has 3 nitrogen and oxygen atoms in total. The third kappa shape index (κ3) is 4.47. The van der Waals surface area contributed by atoms with Gasteiger partial charge in [0.2, 0.25) is 0 Å². The minimum absolute atomic E-state index is 0.0108. The molecule has 8 aromatic carbocycles. The Morgan fingerprint density at radius 2 is 0.959 bits per heavy atom. The molecule has 49 heavy (non-hydrogen) atoms. The number of nitrogens with one attached hydrogen (secondary N) is 1. The maximum Gasteiger partial charge on any atom is 0.130 e. The average molecular weight is 626 g/mol. The Morgan fingerprint density at radius 1 is 0.429 bits per heavy atom. The van der Waals surface area contributed by atoms with E-state index in [1.54, 1.807) is 0 Å². The molecule has 1 aromatic heterocycles. The van der Waals surface area contributed by atoms with Gasteiger partial charge in [0, 0.05) is 32.8 Å². The van der Waals surface area contributed by atoms with Gasteiger partial charge in [-0.15, -0.1) is 0 Å². The number of pyridine rings is 1. The fourth-order valence-electron chi connectivity index (χ4n) is 7.68. The lowest BCUT2D eigenvalue weighted by atomic mass is 9.91. The Labute approximate surface area is 284 Å². The molecule has 1 aliphatic heterocycles. The largest absolute Gasteiger partial charge is 0.359 e. The average Bonchev–Trinajstić information content (AvgIpc) is 3.57. The molecule has 0 spiro atoms. The highest BCUT2D eigenvalue weighted by Gasteiger charge is 2.30. The number of hydrogen-bond acceptors (Lipinski definition) is 3. The van der Waals surface area contributed by atoms with E-state index in [1.165, 1.54) is 71.5 Å². The lowest BCUT2D eigenvalue weighted by molar-refractivity contribution is 0.828. The van der Waals surface area contributed by atoms with Gasteiger partial charge in [-0.3, -0.25) is 0 Å². The number of benzene rings is 8. The maximum absolute atomic E-state index is 5.36.